The molecule has 96 valence electrons. The van der Waals surface area contributed by atoms with Crippen LogP contribution in [0, 0.1) is 13.8 Å². The lowest BCUT2D eigenvalue weighted by molar-refractivity contribution is 0.658. The summed E-state index contributed by atoms with van der Waals surface area (Å²) in [5.74, 6) is 0.478. The zero-order chi connectivity index (χ0) is 13.3. The Labute approximate surface area is 121 Å². The van der Waals surface area contributed by atoms with Gasteiger partial charge in [0.2, 0.25) is 0 Å². The van der Waals surface area contributed by atoms with Crippen LogP contribution in [0.4, 0.5) is 0 Å². The topological polar surface area (TPSA) is 17.8 Å². The first-order valence-corrected chi connectivity index (χ1v) is 6.84. The third-order valence-electron chi connectivity index (χ3n) is 3.00. The number of aromatic nitrogens is 2. The van der Waals surface area contributed by atoms with Crippen molar-refractivity contribution in [2.45, 2.75) is 26.3 Å². The van der Waals surface area contributed by atoms with Gasteiger partial charge in [0.25, 0.3) is 0 Å². The minimum Gasteiger partial charge on any atom is -0.265 e. The van der Waals surface area contributed by atoms with Gasteiger partial charge in [-0.3, -0.25) is 4.68 Å². The number of aryl methyl sites for hydroxylation is 1. The van der Waals surface area contributed by atoms with E-state index in [2.05, 4.69) is 5.10 Å². The van der Waals surface area contributed by atoms with E-state index in [0.717, 1.165) is 22.5 Å². The minimum absolute atomic E-state index is 0.478. The molecular weight excluding hydrogens is 291 g/mol. The van der Waals surface area contributed by atoms with Crippen molar-refractivity contribution in [2.75, 3.05) is 0 Å². The molecule has 0 N–H and O–H groups in total. The fourth-order valence-electron chi connectivity index (χ4n) is 1.89. The summed E-state index contributed by atoms with van der Waals surface area (Å²) in [6.45, 7) is 4.60. The predicted molar refractivity (Wildman–Crippen MR) is 76.8 cm³/mol. The summed E-state index contributed by atoms with van der Waals surface area (Å²) < 4.78 is 1.92. The summed E-state index contributed by atoms with van der Waals surface area (Å²) in [6.07, 6.45) is 0. The molecule has 0 saturated carbocycles. The van der Waals surface area contributed by atoms with Crippen molar-refractivity contribution in [3.8, 4) is 0 Å². The van der Waals surface area contributed by atoms with Gasteiger partial charge in [-0.25, -0.2) is 0 Å². The normalized spacial score (nSPS) is 10.9. The van der Waals surface area contributed by atoms with Crippen LogP contribution in [-0.2, 0) is 12.4 Å². The Morgan fingerprint density at radius 2 is 1.94 bits per heavy atom. The number of hydrogen-bond donors (Lipinski definition) is 0. The van der Waals surface area contributed by atoms with Crippen molar-refractivity contribution in [3.05, 3.63) is 50.8 Å². The van der Waals surface area contributed by atoms with E-state index >= 15 is 0 Å². The SMILES string of the molecule is Cc1nn(Cc2ccc(Cl)cc2Cl)c(C)c1CCl. The van der Waals surface area contributed by atoms with Gasteiger partial charge in [-0.2, -0.15) is 5.10 Å². The number of hydrogen-bond acceptors (Lipinski definition) is 1. The lowest BCUT2D eigenvalue weighted by Crippen LogP contribution is -2.04. The molecule has 18 heavy (non-hydrogen) atoms. The summed E-state index contributed by atoms with van der Waals surface area (Å²) >= 11 is 17.9. The standard InChI is InChI=1S/C13H13Cl3N2/c1-8-12(6-14)9(2)18(17-8)7-10-3-4-11(15)5-13(10)16/h3-5H,6-7H2,1-2H3. The highest BCUT2D eigenvalue weighted by Gasteiger charge is 2.11. The lowest BCUT2D eigenvalue weighted by Gasteiger charge is -2.07. The van der Waals surface area contributed by atoms with Crippen LogP contribution in [0.2, 0.25) is 10.0 Å². The zero-order valence-corrected chi connectivity index (χ0v) is 12.4. The monoisotopic (exact) mass is 302 g/mol. The number of halogens is 3. The summed E-state index contributed by atoms with van der Waals surface area (Å²) in [7, 11) is 0. The molecule has 2 aromatic rings. The van der Waals surface area contributed by atoms with Crippen molar-refractivity contribution in [3.63, 3.8) is 0 Å². The van der Waals surface area contributed by atoms with Crippen LogP contribution < -0.4 is 0 Å². The molecule has 0 aliphatic carbocycles. The predicted octanol–water partition coefficient (Wildman–Crippen LogP) is 4.59. The van der Waals surface area contributed by atoms with Crippen LogP contribution in [0.3, 0.4) is 0 Å². The van der Waals surface area contributed by atoms with Gasteiger partial charge in [0, 0.05) is 21.3 Å². The number of alkyl halides is 1. The summed E-state index contributed by atoms with van der Waals surface area (Å²) in [6, 6.07) is 5.49. The quantitative estimate of drug-likeness (QED) is 0.758. The van der Waals surface area contributed by atoms with Crippen LogP contribution in [0.1, 0.15) is 22.5 Å². The number of rotatable bonds is 3. The first-order chi connectivity index (χ1) is 8.52. The third-order valence-corrected chi connectivity index (χ3v) is 3.85. The molecule has 1 aromatic heterocycles. The van der Waals surface area contributed by atoms with Crippen LogP contribution in [0.5, 0.6) is 0 Å². The van der Waals surface area contributed by atoms with E-state index in [0.29, 0.717) is 22.5 Å². The number of benzene rings is 1. The Balaban J connectivity index is 2.34. The van der Waals surface area contributed by atoms with Gasteiger partial charge in [0.05, 0.1) is 18.1 Å². The molecule has 0 unspecified atom stereocenters. The van der Waals surface area contributed by atoms with Crippen molar-refractivity contribution in [1.82, 2.24) is 9.78 Å². The first kappa shape index (κ1) is 13.7. The zero-order valence-electron chi connectivity index (χ0n) is 10.2. The second kappa shape index (κ2) is 5.52. The van der Waals surface area contributed by atoms with Crippen molar-refractivity contribution < 1.29 is 0 Å². The molecule has 5 heteroatoms. The minimum atomic E-state index is 0.478. The average molecular weight is 304 g/mol. The Kier molecular flexibility index (Phi) is 4.21. The average Bonchev–Trinajstić information content (AvgIpc) is 2.58. The smallest absolute Gasteiger partial charge is 0.0677 e. The highest BCUT2D eigenvalue weighted by Crippen LogP contribution is 2.23. The molecule has 0 amide bonds. The molecule has 0 spiro atoms. The molecule has 0 fully saturated rings. The second-order valence-corrected chi connectivity index (χ2v) is 5.29. The molecule has 0 aliphatic rings. The Bertz CT molecular complexity index is 576. The van der Waals surface area contributed by atoms with Gasteiger partial charge in [0.15, 0.2) is 0 Å². The molecule has 0 atom stereocenters. The maximum atomic E-state index is 6.16. The van der Waals surface area contributed by atoms with Gasteiger partial charge in [-0.1, -0.05) is 29.3 Å². The molecule has 1 heterocycles. The highest BCUT2D eigenvalue weighted by molar-refractivity contribution is 6.35. The molecule has 0 aliphatic heterocycles. The second-order valence-electron chi connectivity index (χ2n) is 4.18. The fraction of sp³-hybridized carbons (Fsp3) is 0.308. The Morgan fingerprint density at radius 3 is 2.50 bits per heavy atom. The van der Waals surface area contributed by atoms with Crippen LogP contribution in [0.25, 0.3) is 0 Å². The summed E-state index contributed by atoms with van der Waals surface area (Å²) in [5, 5.41) is 5.77. The summed E-state index contributed by atoms with van der Waals surface area (Å²) in [4.78, 5) is 0. The largest absolute Gasteiger partial charge is 0.265 e. The van der Waals surface area contributed by atoms with Crippen molar-refractivity contribution >= 4 is 34.8 Å². The van der Waals surface area contributed by atoms with E-state index in [-0.39, 0.29) is 0 Å². The van der Waals surface area contributed by atoms with Gasteiger partial charge in [0.1, 0.15) is 0 Å². The van der Waals surface area contributed by atoms with Crippen LogP contribution in [0.15, 0.2) is 18.2 Å². The molecular formula is C13H13Cl3N2. The lowest BCUT2D eigenvalue weighted by atomic mass is 10.2. The van der Waals surface area contributed by atoms with E-state index in [4.69, 9.17) is 34.8 Å². The van der Waals surface area contributed by atoms with Crippen LogP contribution in [-0.4, -0.2) is 9.78 Å². The molecule has 1 aromatic carbocycles. The van der Waals surface area contributed by atoms with Gasteiger partial charge in [-0.05, 0) is 31.5 Å². The van der Waals surface area contributed by atoms with E-state index in [1.807, 2.05) is 30.7 Å². The van der Waals surface area contributed by atoms with E-state index in [1.54, 1.807) is 6.07 Å². The van der Waals surface area contributed by atoms with Gasteiger partial charge < -0.3 is 0 Å². The molecule has 2 nitrogen and oxygen atoms in total. The molecule has 2 rings (SSSR count). The Hall–Kier alpha value is -0.700. The third kappa shape index (κ3) is 2.66. The van der Waals surface area contributed by atoms with Gasteiger partial charge >= 0.3 is 0 Å². The van der Waals surface area contributed by atoms with E-state index < -0.39 is 0 Å². The summed E-state index contributed by atoms with van der Waals surface area (Å²) in [5.41, 5.74) is 4.12. The molecule has 0 saturated heterocycles. The van der Waals surface area contributed by atoms with Crippen molar-refractivity contribution in [2.24, 2.45) is 0 Å². The molecule has 0 bridgehead atoms. The Morgan fingerprint density at radius 1 is 1.22 bits per heavy atom. The maximum absolute atomic E-state index is 6.16. The van der Waals surface area contributed by atoms with Gasteiger partial charge in [-0.15, -0.1) is 11.6 Å². The van der Waals surface area contributed by atoms with E-state index in [1.165, 1.54) is 0 Å². The number of nitrogens with zero attached hydrogens (tertiary/aromatic N) is 2. The fourth-order valence-corrected chi connectivity index (χ4v) is 2.75. The molecule has 0 radical (unpaired) electrons. The maximum Gasteiger partial charge on any atom is 0.0677 e. The first-order valence-electron chi connectivity index (χ1n) is 5.55. The van der Waals surface area contributed by atoms with E-state index in [9.17, 15) is 0 Å². The van der Waals surface area contributed by atoms with Crippen LogP contribution >= 0.6 is 34.8 Å². The van der Waals surface area contributed by atoms with Crippen molar-refractivity contribution in [1.29, 1.82) is 0 Å². The highest BCUT2D eigenvalue weighted by atomic mass is 35.5.